The van der Waals surface area contributed by atoms with Crippen molar-refractivity contribution in [2.45, 2.75) is 25.3 Å². The summed E-state index contributed by atoms with van der Waals surface area (Å²) in [5, 5.41) is 7.11. The van der Waals surface area contributed by atoms with Crippen molar-refractivity contribution in [2.75, 3.05) is 18.4 Å². The van der Waals surface area contributed by atoms with Crippen molar-refractivity contribution in [3.05, 3.63) is 52.8 Å². The molecule has 1 saturated carbocycles. The average Bonchev–Trinajstić information content (AvgIpc) is 3.51. The summed E-state index contributed by atoms with van der Waals surface area (Å²) in [4.78, 5) is 23.1. The number of aromatic nitrogens is 3. The number of nitrogens with zero attached hydrogens (tertiary/aromatic N) is 3. The lowest BCUT2D eigenvalue weighted by molar-refractivity contribution is 0.0874. The lowest BCUT2D eigenvalue weighted by atomic mass is 9.65. The monoisotopic (exact) mass is 453 g/mol. The summed E-state index contributed by atoms with van der Waals surface area (Å²) in [5.41, 5.74) is 2.06. The first-order chi connectivity index (χ1) is 15.1. The number of nitrogens with one attached hydrogen (secondary N) is 2. The van der Waals surface area contributed by atoms with E-state index in [1.54, 1.807) is 12.3 Å². The molecule has 1 aliphatic heterocycles. The normalized spacial score (nSPS) is 22.8. The Kier molecular flexibility index (Phi) is 4.41. The van der Waals surface area contributed by atoms with Gasteiger partial charge in [0.05, 0.1) is 26.5 Å². The van der Waals surface area contributed by atoms with Gasteiger partial charge in [0.1, 0.15) is 5.52 Å². The Hall–Kier alpha value is -2.68. The van der Waals surface area contributed by atoms with Crippen LogP contribution in [0.3, 0.4) is 0 Å². The predicted molar refractivity (Wildman–Crippen MR) is 121 cm³/mol. The summed E-state index contributed by atoms with van der Waals surface area (Å²) >= 11 is 7.79. The zero-order chi connectivity index (χ0) is 21.0. The molecule has 6 rings (SSSR count). The molecule has 9 heteroatoms. The van der Waals surface area contributed by atoms with Gasteiger partial charge >= 0.3 is 0 Å². The van der Waals surface area contributed by atoms with Gasteiger partial charge in [-0.2, -0.15) is 0 Å². The van der Waals surface area contributed by atoms with Crippen LogP contribution in [0.1, 0.15) is 35.0 Å². The zero-order valence-corrected chi connectivity index (χ0v) is 18.2. The Bertz CT molecular complexity index is 1260. The van der Waals surface area contributed by atoms with Crippen molar-refractivity contribution in [3.63, 3.8) is 0 Å². The van der Waals surface area contributed by atoms with Crippen LogP contribution in [0.15, 0.2) is 47.3 Å². The van der Waals surface area contributed by atoms with E-state index in [0.29, 0.717) is 33.1 Å². The van der Waals surface area contributed by atoms with Gasteiger partial charge in [-0.1, -0.05) is 17.7 Å². The number of halogens is 1. The number of fused-ring (bicyclic) bond motifs is 1. The van der Waals surface area contributed by atoms with Gasteiger partial charge in [-0.15, -0.1) is 11.3 Å². The largest absolute Gasteiger partial charge is 0.443 e. The minimum absolute atomic E-state index is 0.194. The minimum atomic E-state index is -0.194. The van der Waals surface area contributed by atoms with E-state index in [4.69, 9.17) is 21.0 Å². The topological polar surface area (TPSA) is 85.0 Å². The Morgan fingerprint density at radius 2 is 2.23 bits per heavy atom. The Morgan fingerprint density at radius 1 is 1.32 bits per heavy atom. The van der Waals surface area contributed by atoms with Gasteiger partial charge in [0.25, 0.3) is 5.91 Å². The Balaban J connectivity index is 1.32. The van der Waals surface area contributed by atoms with Gasteiger partial charge in [-0.25, -0.2) is 9.97 Å². The molecule has 31 heavy (non-hydrogen) atoms. The van der Waals surface area contributed by atoms with Crippen molar-refractivity contribution in [1.82, 2.24) is 19.9 Å². The number of para-hydroxylation sites is 1. The Morgan fingerprint density at radius 3 is 3.00 bits per heavy atom. The van der Waals surface area contributed by atoms with E-state index in [9.17, 15) is 4.79 Å². The molecule has 2 fully saturated rings. The number of benzene rings is 1. The van der Waals surface area contributed by atoms with Crippen molar-refractivity contribution < 1.29 is 9.21 Å². The van der Waals surface area contributed by atoms with E-state index in [2.05, 4.69) is 20.2 Å². The summed E-state index contributed by atoms with van der Waals surface area (Å²) in [6.07, 6.45) is 6.38. The zero-order valence-electron chi connectivity index (χ0n) is 16.6. The van der Waals surface area contributed by atoms with Crippen LogP contribution in [-0.4, -0.2) is 33.5 Å². The second-order valence-corrected chi connectivity index (χ2v) is 9.88. The Labute approximate surface area is 187 Å². The molecule has 1 amide bonds. The molecule has 158 valence electrons. The molecular weight excluding hydrogens is 434 g/mol. The third kappa shape index (κ3) is 3.17. The highest BCUT2D eigenvalue weighted by Gasteiger charge is 2.47. The number of amides is 1. The fourth-order valence-corrected chi connectivity index (χ4v) is 5.97. The van der Waals surface area contributed by atoms with Crippen LogP contribution in [0.4, 0.5) is 5.95 Å². The maximum absolute atomic E-state index is 13.0. The third-order valence-electron chi connectivity index (χ3n) is 6.44. The number of thiophene rings is 1. The van der Waals surface area contributed by atoms with Crippen LogP contribution < -0.4 is 10.6 Å². The van der Waals surface area contributed by atoms with Crippen molar-refractivity contribution >= 4 is 45.8 Å². The molecule has 1 spiro atoms. The first kappa shape index (κ1) is 19.0. The van der Waals surface area contributed by atoms with Crippen LogP contribution in [-0.2, 0) is 0 Å². The molecule has 0 radical (unpaired) electrons. The van der Waals surface area contributed by atoms with Crippen LogP contribution in [0.2, 0.25) is 5.02 Å². The second kappa shape index (κ2) is 7.19. The highest BCUT2D eigenvalue weighted by Crippen LogP contribution is 2.53. The first-order valence-corrected chi connectivity index (χ1v) is 11.5. The smallest absolute Gasteiger partial charge is 0.268 e. The van der Waals surface area contributed by atoms with Gasteiger partial charge in [0, 0.05) is 12.6 Å². The number of rotatable bonds is 4. The summed E-state index contributed by atoms with van der Waals surface area (Å²) in [7, 11) is 0. The molecule has 1 aromatic carbocycles. The lowest BCUT2D eigenvalue weighted by Crippen LogP contribution is -2.40. The molecule has 3 aromatic heterocycles. The van der Waals surface area contributed by atoms with E-state index >= 15 is 0 Å². The molecule has 0 unspecified atom stereocenters. The average molecular weight is 454 g/mol. The standard InChI is InChI=1S/C22H20ClN5O2S/c23-14-2-1-3-15-19(14)26-21(28(15)13-8-22(9-13)6-7-24-11-22)27-20(29)18-5-4-17(31-18)16-10-25-12-30-16/h1-5,10,12-13,24H,6-9,11H2,(H,26,27,29)/t13-,22-. The van der Waals surface area contributed by atoms with Crippen LogP contribution in [0.5, 0.6) is 0 Å². The molecule has 2 N–H and O–H groups in total. The summed E-state index contributed by atoms with van der Waals surface area (Å²) in [6, 6.07) is 9.74. The van der Waals surface area contributed by atoms with Gasteiger partial charge in [0.15, 0.2) is 12.2 Å². The highest BCUT2D eigenvalue weighted by atomic mass is 35.5. The fraction of sp³-hybridized carbons (Fsp3) is 0.318. The number of carbonyl (C=O) groups is 1. The number of hydrogen-bond donors (Lipinski definition) is 2. The molecule has 7 nitrogen and oxygen atoms in total. The maximum atomic E-state index is 13.0. The second-order valence-electron chi connectivity index (χ2n) is 8.39. The van der Waals surface area contributed by atoms with E-state index in [1.807, 2.05) is 24.3 Å². The van der Waals surface area contributed by atoms with Crippen molar-refractivity contribution in [2.24, 2.45) is 5.41 Å². The minimum Gasteiger partial charge on any atom is -0.443 e. The van der Waals surface area contributed by atoms with E-state index in [-0.39, 0.29) is 5.91 Å². The molecule has 2 aliphatic rings. The number of hydrogen-bond acceptors (Lipinski definition) is 6. The third-order valence-corrected chi connectivity index (χ3v) is 7.84. The molecule has 0 bridgehead atoms. The van der Waals surface area contributed by atoms with Crippen molar-refractivity contribution in [3.8, 4) is 10.6 Å². The van der Waals surface area contributed by atoms with Crippen LogP contribution in [0.25, 0.3) is 21.7 Å². The fourth-order valence-electron chi connectivity index (χ4n) is 4.90. The van der Waals surface area contributed by atoms with E-state index < -0.39 is 0 Å². The number of imidazole rings is 1. The molecule has 4 heterocycles. The summed E-state index contributed by atoms with van der Waals surface area (Å²) < 4.78 is 7.49. The summed E-state index contributed by atoms with van der Waals surface area (Å²) in [6.45, 7) is 2.15. The predicted octanol–water partition coefficient (Wildman–Crippen LogP) is 4.97. The lowest BCUT2D eigenvalue weighted by Gasteiger charge is -2.46. The number of carbonyl (C=O) groups excluding carboxylic acids is 1. The molecular formula is C22H20ClN5O2S. The van der Waals surface area contributed by atoms with Crippen LogP contribution >= 0.6 is 22.9 Å². The highest BCUT2D eigenvalue weighted by molar-refractivity contribution is 7.17. The number of anilines is 1. The molecule has 0 atom stereocenters. The van der Waals surface area contributed by atoms with Gasteiger partial charge in [-0.3, -0.25) is 10.1 Å². The van der Waals surface area contributed by atoms with Crippen LogP contribution in [0, 0.1) is 5.41 Å². The van der Waals surface area contributed by atoms with Gasteiger partial charge < -0.3 is 14.3 Å². The van der Waals surface area contributed by atoms with Gasteiger partial charge in [-0.05, 0) is 55.5 Å². The van der Waals surface area contributed by atoms with E-state index in [0.717, 1.165) is 41.8 Å². The first-order valence-electron chi connectivity index (χ1n) is 10.3. The quantitative estimate of drug-likeness (QED) is 0.455. The van der Waals surface area contributed by atoms with E-state index in [1.165, 1.54) is 24.2 Å². The number of oxazole rings is 1. The molecule has 1 aliphatic carbocycles. The molecule has 4 aromatic rings. The van der Waals surface area contributed by atoms with Crippen molar-refractivity contribution in [1.29, 1.82) is 0 Å². The van der Waals surface area contributed by atoms with Gasteiger partial charge in [0.2, 0.25) is 5.95 Å². The SMILES string of the molecule is O=C(Nc1nc2c(Cl)cccc2n1[C@H]1C[C@@]2(CCNC2)C1)c1ccc(-c2cnco2)s1. The summed E-state index contributed by atoms with van der Waals surface area (Å²) in [5.74, 6) is 1.00. The maximum Gasteiger partial charge on any atom is 0.268 e. The molecule has 1 saturated heterocycles.